The van der Waals surface area contributed by atoms with E-state index < -0.39 is 5.97 Å². The van der Waals surface area contributed by atoms with Gasteiger partial charge in [0, 0.05) is 12.1 Å². The summed E-state index contributed by atoms with van der Waals surface area (Å²) in [5.41, 5.74) is 0.846. The zero-order valence-electron chi connectivity index (χ0n) is 10.4. The van der Waals surface area contributed by atoms with Gasteiger partial charge < -0.3 is 9.67 Å². The fourth-order valence-corrected chi connectivity index (χ4v) is 1.86. The Labute approximate surface area is 105 Å². The van der Waals surface area contributed by atoms with Crippen molar-refractivity contribution in [3.8, 4) is 11.4 Å². The van der Waals surface area contributed by atoms with Crippen LogP contribution in [0.25, 0.3) is 11.4 Å². The monoisotopic (exact) mass is 245 g/mol. The Bertz CT molecular complexity index is 561. The SMILES string of the molecule is CC(C)Cn1cnnc1-c1ccccc1C(=O)O. The van der Waals surface area contributed by atoms with E-state index >= 15 is 0 Å². The summed E-state index contributed by atoms with van der Waals surface area (Å²) >= 11 is 0. The molecule has 1 aromatic carbocycles. The predicted molar refractivity (Wildman–Crippen MR) is 67.3 cm³/mol. The lowest BCUT2D eigenvalue weighted by Crippen LogP contribution is -2.07. The minimum absolute atomic E-state index is 0.246. The van der Waals surface area contributed by atoms with E-state index in [1.807, 2.05) is 4.57 Å². The second-order valence-corrected chi connectivity index (χ2v) is 4.55. The van der Waals surface area contributed by atoms with Crippen molar-refractivity contribution in [1.29, 1.82) is 0 Å². The molecule has 0 aliphatic carbocycles. The number of aromatic carboxylic acids is 1. The van der Waals surface area contributed by atoms with E-state index in [0.29, 0.717) is 17.3 Å². The Kier molecular flexibility index (Phi) is 3.41. The summed E-state index contributed by atoms with van der Waals surface area (Å²) in [6.45, 7) is 4.94. The number of carboxylic acids is 1. The molecule has 0 atom stereocenters. The topological polar surface area (TPSA) is 68.0 Å². The third kappa shape index (κ3) is 2.40. The molecule has 2 rings (SSSR count). The lowest BCUT2D eigenvalue weighted by Gasteiger charge is -2.10. The minimum atomic E-state index is -0.954. The van der Waals surface area contributed by atoms with Crippen LogP contribution in [0.1, 0.15) is 24.2 Å². The van der Waals surface area contributed by atoms with E-state index in [2.05, 4.69) is 24.0 Å². The zero-order valence-corrected chi connectivity index (χ0v) is 10.4. The van der Waals surface area contributed by atoms with Crippen LogP contribution in [-0.2, 0) is 6.54 Å². The Morgan fingerprint density at radius 1 is 1.39 bits per heavy atom. The number of benzene rings is 1. The van der Waals surface area contributed by atoms with Crippen LogP contribution in [-0.4, -0.2) is 25.8 Å². The molecule has 1 N–H and O–H groups in total. The van der Waals surface area contributed by atoms with Crippen molar-refractivity contribution in [2.45, 2.75) is 20.4 Å². The minimum Gasteiger partial charge on any atom is -0.478 e. The van der Waals surface area contributed by atoms with Crippen molar-refractivity contribution in [3.05, 3.63) is 36.2 Å². The second-order valence-electron chi connectivity index (χ2n) is 4.55. The molecule has 0 spiro atoms. The molecule has 0 unspecified atom stereocenters. The van der Waals surface area contributed by atoms with Crippen molar-refractivity contribution >= 4 is 5.97 Å². The van der Waals surface area contributed by atoms with Crippen molar-refractivity contribution in [3.63, 3.8) is 0 Å². The first kappa shape index (κ1) is 12.3. The Morgan fingerprint density at radius 2 is 2.11 bits per heavy atom. The summed E-state index contributed by atoms with van der Waals surface area (Å²) < 4.78 is 1.88. The summed E-state index contributed by atoms with van der Waals surface area (Å²) in [6, 6.07) is 6.84. The second kappa shape index (κ2) is 5.00. The average molecular weight is 245 g/mol. The smallest absolute Gasteiger partial charge is 0.336 e. The van der Waals surface area contributed by atoms with E-state index in [1.54, 1.807) is 30.6 Å². The normalized spacial score (nSPS) is 10.8. The molecular formula is C13H15N3O2. The first-order valence-corrected chi connectivity index (χ1v) is 5.80. The maximum absolute atomic E-state index is 11.2. The van der Waals surface area contributed by atoms with E-state index in [1.165, 1.54) is 0 Å². The van der Waals surface area contributed by atoms with Gasteiger partial charge in [-0.1, -0.05) is 32.0 Å². The highest BCUT2D eigenvalue weighted by Crippen LogP contribution is 2.22. The van der Waals surface area contributed by atoms with Gasteiger partial charge in [0.25, 0.3) is 0 Å². The van der Waals surface area contributed by atoms with Gasteiger partial charge in [-0.25, -0.2) is 4.79 Å². The highest BCUT2D eigenvalue weighted by molar-refractivity contribution is 5.94. The molecule has 5 heteroatoms. The van der Waals surface area contributed by atoms with Crippen molar-refractivity contribution in [2.24, 2.45) is 5.92 Å². The van der Waals surface area contributed by atoms with E-state index in [4.69, 9.17) is 0 Å². The first-order valence-electron chi connectivity index (χ1n) is 5.80. The summed E-state index contributed by atoms with van der Waals surface area (Å²) in [5.74, 6) is 0.0862. The third-order valence-corrected chi connectivity index (χ3v) is 2.58. The number of rotatable bonds is 4. The fourth-order valence-electron chi connectivity index (χ4n) is 1.86. The predicted octanol–water partition coefficient (Wildman–Crippen LogP) is 2.30. The lowest BCUT2D eigenvalue weighted by atomic mass is 10.1. The van der Waals surface area contributed by atoms with Crippen molar-refractivity contribution < 1.29 is 9.90 Å². The van der Waals surface area contributed by atoms with E-state index in [9.17, 15) is 9.90 Å². The lowest BCUT2D eigenvalue weighted by molar-refractivity contribution is 0.0697. The quantitative estimate of drug-likeness (QED) is 0.897. The number of carbonyl (C=O) groups is 1. The van der Waals surface area contributed by atoms with Crippen molar-refractivity contribution in [2.75, 3.05) is 0 Å². The molecule has 0 bridgehead atoms. The number of hydrogen-bond donors (Lipinski definition) is 1. The molecule has 0 saturated carbocycles. The van der Waals surface area contributed by atoms with Crippen LogP contribution >= 0.6 is 0 Å². The van der Waals surface area contributed by atoms with Crippen LogP contribution in [0.2, 0.25) is 0 Å². The van der Waals surface area contributed by atoms with Crippen LogP contribution in [0.3, 0.4) is 0 Å². The molecule has 94 valence electrons. The molecule has 0 amide bonds. The van der Waals surface area contributed by atoms with Gasteiger partial charge in [0.2, 0.25) is 0 Å². The van der Waals surface area contributed by atoms with Gasteiger partial charge >= 0.3 is 5.97 Å². The highest BCUT2D eigenvalue weighted by atomic mass is 16.4. The maximum Gasteiger partial charge on any atom is 0.336 e. The summed E-state index contributed by atoms with van der Waals surface area (Å²) in [4.78, 5) is 11.2. The Balaban J connectivity index is 2.49. The van der Waals surface area contributed by atoms with Gasteiger partial charge in [0.05, 0.1) is 5.56 Å². The maximum atomic E-state index is 11.2. The molecule has 2 aromatic rings. The number of hydrogen-bond acceptors (Lipinski definition) is 3. The number of carboxylic acid groups (broad SMARTS) is 1. The summed E-state index contributed by atoms with van der Waals surface area (Å²) in [7, 11) is 0. The van der Waals surface area contributed by atoms with Crippen LogP contribution in [0.15, 0.2) is 30.6 Å². The Morgan fingerprint density at radius 3 is 2.78 bits per heavy atom. The van der Waals surface area contributed by atoms with Crippen LogP contribution in [0, 0.1) is 5.92 Å². The molecule has 0 aliphatic rings. The molecule has 18 heavy (non-hydrogen) atoms. The standard InChI is InChI=1S/C13H15N3O2/c1-9(2)7-16-8-14-15-12(16)10-5-3-4-6-11(10)13(17)18/h3-6,8-9H,7H2,1-2H3,(H,17,18). The Hall–Kier alpha value is -2.17. The molecule has 1 heterocycles. The largest absolute Gasteiger partial charge is 0.478 e. The van der Waals surface area contributed by atoms with Gasteiger partial charge in [-0.05, 0) is 12.0 Å². The first-order chi connectivity index (χ1) is 8.59. The van der Waals surface area contributed by atoms with Crippen LogP contribution in [0.5, 0.6) is 0 Å². The van der Waals surface area contributed by atoms with Gasteiger partial charge in [-0.2, -0.15) is 0 Å². The van der Waals surface area contributed by atoms with E-state index in [-0.39, 0.29) is 5.56 Å². The van der Waals surface area contributed by atoms with Crippen molar-refractivity contribution in [1.82, 2.24) is 14.8 Å². The molecular weight excluding hydrogens is 230 g/mol. The molecule has 0 aliphatic heterocycles. The van der Waals surface area contributed by atoms with Gasteiger partial charge in [-0.15, -0.1) is 10.2 Å². The summed E-state index contributed by atoms with van der Waals surface area (Å²) in [6.07, 6.45) is 1.63. The van der Waals surface area contributed by atoms with Crippen LogP contribution < -0.4 is 0 Å². The highest BCUT2D eigenvalue weighted by Gasteiger charge is 2.16. The molecule has 5 nitrogen and oxygen atoms in total. The van der Waals surface area contributed by atoms with E-state index in [0.717, 1.165) is 6.54 Å². The van der Waals surface area contributed by atoms with Gasteiger partial charge in [-0.3, -0.25) is 0 Å². The number of nitrogens with zero attached hydrogens (tertiary/aromatic N) is 3. The third-order valence-electron chi connectivity index (χ3n) is 2.58. The molecule has 0 radical (unpaired) electrons. The molecule has 0 fully saturated rings. The zero-order chi connectivity index (χ0) is 13.1. The van der Waals surface area contributed by atoms with Gasteiger partial charge in [0.15, 0.2) is 5.82 Å². The average Bonchev–Trinajstić information content (AvgIpc) is 2.76. The van der Waals surface area contributed by atoms with Gasteiger partial charge in [0.1, 0.15) is 6.33 Å². The summed E-state index contributed by atoms with van der Waals surface area (Å²) in [5, 5.41) is 17.1. The molecule has 0 saturated heterocycles. The van der Waals surface area contributed by atoms with Crippen LogP contribution in [0.4, 0.5) is 0 Å². The molecule has 1 aromatic heterocycles. The number of aromatic nitrogens is 3. The fraction of sp³-hybridized carbons (Fsp3) is 0.308.